The van der Waals surface area contributed by atoms with Crippen LogP contribution in [0.5, 0.6) is 0 Å². The molecule has 10 saturated carbocycles. The summed E-state index contributed by atoms with van der Waals surface area (Å²) in [6.07, 6.45) is 31.3. The molecule has 0 unspecified atom stereocenters. The average molecular weight is 563 g/mol. The van der Waals surface area contributed by atoms with Crippen LogP contribution in [0.1, 0.15) is 142 Å². The molecule has 0 atom stereocenters. The molecule has 0 spiro atoms. The normalized spacial score (nSPS) is 44.9. The van der Waals surface area contributed by atoms with Crippen LogP contribution in [0.4, 0.5) is 0 Å². The first-order valence-electron chi connectivity index (χ1n) is 16.5. The Morgan fingerprint density at radius 3 is 1.24 bits per heavy atom. The van der Waals surface area contributed by atoms with Crippen LogP contribution >= 0.6 is 0 Å². The van der Waals surface area contributed by atoms with E-state index in [1.165, 1.54) is 122 Å². The maximum absolute atomic E-state index is 6.32. The molecule has 2 nitrogen and oxygen atoms in total. The molecule has 0 saturated heterocycles. The van der Waals surface area contributed by atoms with Gasteiger partial charge in [0.2, 0.25) is 0 Å². The average Bonchev–Trinajstić information content (AvgIpc) is 3.51. The van der Waals surface area contributed by atoms with Crippen molar-refractivity contribution in [3.05, 3.63) is 0 Å². The van der Waals surface area contributed by atoms with Gasteiger partial charge in [0.25, 0.3) is 0 Å². The Bertz CT molecular complexity index is 626. The zero-order valence-electron chi connectivity index (χ0n) is 24.0. The standard InChI is InChI=1S/C16H27N.C10H17N.C7H14.2Ar/c1-2-4-12(3-1)11-17-16-8-13-5-14(9-16)7-15(6-13)10-16;11-10-4-7-1-8(5-10)3-9(2-7)6-10;1-2-7-5-3-4-6-7;;/h12-15,17H,1-11H2;7-9H,1-6,11H2;7H,2-6H2,1H3;;. The molecule has 0 aromatic rings. The smallest absolute Gasteiger partial charge is 0.0189 e. The van der Waals surface area contributed by atoms with Gasteiger partial charge in [0, 0.05) is 86.6 Å². The Morgan fingerprint density at radius 1 is 0.568 bits per heavy atom. The predicted octanol–water partition coefficient (Wildman–Crippen LogP) is 8.24. The van der Waals surface area contributed by atoms with Crippen LogP contribution in [0.15, 0.2) is 0 Å². The SMILES string of the molecule is C1CCC(CNC23CC4CC(CC(C4)C2)C3)C1.CCC1CCCC1.NC12CC3CC(CC(C3)C1)C2.[Ar].[Ar]. The van der Waals surface area contributed by atoms with Crippen molar-refractivity contribution in [3.8, 4) is 0 Å². The summed E-state index contributed by atoms with van der Waals surface area (Å²) >= 11 is 0. The van der Waals surface area contributed by atoms with Gasteiger partial charge in [-0.25, -0.2) is 0 Å². The zero-order chi connectivity index (χ0) is 23.9. The molecule has 0 amide bonds. The molecule has 0 radical (unpaired) electrons. The van der Waals surface area contributed by atoms with Gasteiger partial charge >= 0.3 is 0 Å². The van der Waals surface area contributed by atoms with E-state index in [1.807, 2.05) is 0 Å². The Morgan fingerprint density at radius 2 is 0.919 bits per heavy atom. The Hall–Kier alpha value is 2.44. The van der Waals surface area contributed by atoms with Crippen molar-refractivity contribution in [2.75, 3.05) is 6.54 Å². The van der Waals surface area contributed by atoms with Gasteiger partial charge in [0.1, 0.15) is 0 Å². The summed E-state index contributed by atoms with van der Waals surface area (Å²) in [7, 11) is 0. The van der Waals surface area contributed by atoms with Gasteiger partial charge in [-0.3, -0.25) is 0 Å². The zero-order valence-corrected chi connectivity index (χ0v) is 25.4. The molecule has 4 heteroatoms. The summed E-state index contributed by atoms with van der Waals surface area (Å²) in [5.74, 6) is 8.46. The van der Waals surface area contributed by atoms with E-state index in [4.69, 9.17) is 5.73 Å². The van der Waals surface area contributed by atoms with Crippen LogP contribution in [0.25, 0.3) is 0 Å². The molecule has 3 N–H and O–H groups in total. The van der Waals surface area contributed by atoms with Crippen LogP contribution in [-0.4, -0.2) is 17.6 Å². The third-order valence-electron chi connectivity index (χ3n) is 12.4. The van der Waals surface area contributed by atoms with Gasteiger partial charge < -0.3 is 11.1 Å². The van der Waals surface area contributed by atoms with Gasteiger partial charge in [-0.1, -0.05) is 51.9 Å². The Labute approximate surface area is 290 Å². The van der Waals surface area contributed by atoms with Crippen molar-refractivity contribution < 1.29 is 75.5 Å². The fourth-order valence-electron chi connectivity index (χ4n) is 11.5. The summed E-state index contributed by atoms with van der Waals surface area (Å²) < 4.78 is 0. The van der Waals surface area contributed by atoms with E-state index in [0.717, 1.165) is 47.3 Å². The van der Waals surface area contributed by atoms with Gasteiger partial charge in [0.05, 0.1) is 0 Å². The number of rotatable bonds is 4. The monoisotopic (exact) mass is 562 g/mol. The molecule has 216 valence electrons. The number of hydrogen-bond donors (Lipinski definition) is 2. The summed E-state index contributed by atoms with van der Waals surface area (Å²) in [4.78, 5) is 0. The van der Waals surface area contributed by atoms with Crippen molar-refractivity contribution in [2.24, 2.45) is 53.1 Å². The third kappa shape index (κ3) is 8.30. The molecule has 10 aliphatic rings. The van der Waals surface area contributed by atoms with E-state index in [-0.39, 0.29) is 75.5 Å². The van der Waals surface area contributed by atoms with Crippen molar-refractivity contribution in [1.29, 1.82) is 0 Å². The van der Waals surface area contributed by atoms with Crippen molar-refractivity contribution in [3.63, 3.8) is 0 Å². The molecule has 10 rings (SSSR count). The molecule has 0 aromatic carbocycles. The topological polar surface area (TPSA) is 38.0 Å². The van der Waals surface area contributed by atoms with Gasteiger partial charge in [0.15, 0.2) is 0 Å². The van der Waals surface area contributed by atoms with E-state index < -0.39 is 0 Å². The van der Waals surface area contributed by atoms with Crippen LogP contribution in [0.3, 0.4) is 0 Å². The van der Waals surface area contributed by atoms with Crippen LogP contribution in [-0.2, 0) is 0 Å². The number of hydrogen-bond acceptors (Lipinski definition) is 2. The van der Waals surface area contributed by atoms with Crippen molar-refractivity contribution >= 4 is 0 Å². The summed E-state index contributed by atoms with van der Waals surface area (Å²) in [5, 5.41) is 4.07. The fraction of sp³-hybridized carbons (Fsp3) is 1.00. The van der Waals surface area contributed by atoms with Gasteiger partial charge in [-0.2, -0.15) is 0 Å². The van der Waals surface area contributed by atoms with Crippen LogP contribution < -0.4 is 11.1 Å². The van der Waals surface area contributed by atoms with Crippen LogP contribution in [0, 0.1) is 123 Å². The predicted molar refractivity (Wildman–Crippen MR) is 148 cm³/mol. The molecular weight excluding hydrogens is 504 g/mol. The van der Waals surface area contributed by atoms with Gasteiger partial charge in [-0.05, 0) is 144 Å². The van der Waals surface area contributed by atoms with E-state index in [0.29, 0.717) is 11.1 Å². The fourth-order valence-corrected chi connectivity index (χ4v) is 11.5. The quantitative estimate of drug-likeness (QED) is 0.362. The maximum Gasteiger partial charge on any atom is 0.0189 e. The Kier molecular flexibility index (Phi) is 12.5. The van der Waals surface area contributed by atoms with E-state index in [1.54, 1.807) is 19.3 Å². The molecular formula is C33H58Ar2N2. The largest absolute Gasteiger partial charge is 0.325 e. The molecule has 0 aliphatic heterocycles. The second-order valence-corrected chi connectivity index (χ2v) is 15.6. The number of nitrogens with one attached hydrogen (secondary N) is 1. The first kappa shape index (κ1) is 32.4. The van der Waals surface area contributed by atoms with E-state index >= 15 is 0 Å². The molecule has 0 aromatic heterocycles. The molecule has 8 bridgehead atoms. The minimum absolute atomic E-state index is 0. The summed E-state index contributed by atoms with van der Waals surface area (Å²) in [5.41, 5.74) is 7.23. The molecule has 10 aliphatic carbocycles. The van der Waals surface area contributed by atoms with Crippen molar-refractivity contribution in [2.45, 2.75) is 153 Å². The number of nitrogens with two attached hydrogens (primary N) is 1. The van der Waals surface area contributed by atoms with E-state index in [9.17, 15) is 0 Å². The summed E-state index contributed by atoms with van der Waals surface area (Å²) in [6.45, 7) is 3.64. The first-order valence-corrected chi connectivity index (χ1v) is 16.5. The Balaban J connectivity index is 0.000000139. The molecule has 0 heterocycles. The van der Waals surface area contributed by atoms with Crippen LogP contribution in [0.2, 0.25) is 0 Å². The van der Waals surface area contributed by atoms with Crippen molar-refractivity contribution in [1.82, 2.24) is 5.32 Å². The van der Waals surface area contributed by atoms with Gasteiger partial charge in [-0.15, -0.1) is 0 Å². The summed E-state index contributed by atoms with van der Waals surface area (Å²) in [6, 6.07) is 0. The second-order valence-electron chi connectivity index (χ2n) is 15.6. The molecule has 10 fully saturated rings. The maximum atomic E-state index is 6.32. The minimum atomic E-state index is 0. The first-order chi connectivity index (χ1) is 17.0. The minimum Gasteiger partial charge on any atom is -0.325 e. The van der Waals surface area contributed by atoms with E-state index in [2.05, 4.69) is 12.2 Å². The molecule has 37 heavy (non-hydrogen) atoms. The third-order valence-corrected chi connectivity index (χ3v) is 12.4. The second kappa shape index (κ2) is 14.3.